The minimum Gasteiger partial charge on any atom is -0.489 e. The maximum absolute atomic E-state index is 6.71. The van der Waals surface area contributed by atoms with Gasteiger partial charge in [-0.2, -0.15) is 0 Å². The van der Waals surface area contributed by atoms with E-state index in [0.29, 0.717) is 192 Å². The minimum atomic E-state index is 0.302. The van der Waals surface area contributed by atoms with E-state index in [-0.39, 0.29) is 0 Å². The molecule has 0 saturated heterocycles. The van der Waals surface area contributed by atoms with Gasteiger partial charge >= 0.3 is 0 Å². The van der Waals surface area contributed by atoms with Crippen molar-refractivity contribution >= 4 is 44.1 Å². The molecule has 2 aliphatic heterocycles. The number of hydrogen-bond donors (Lipinski definition) is 2. The highest BCUT2D eigenvalue weighted by atomic mass is 16.5. The maximum Gasteiger partial charge on any atom is 0.164 e. The van der Waals surface area contributed by atoms with Gasteiger partial charge in [-0.1, -0.05) is 162 Å². The molecule has 9 rings (SSSR count). The molecule has 3 aromatic heterocycles. The lowest BCUT2D eigenvalue weighted by atomic mass is 10.1. The largest absolute Gasteiger partial charge is 0.489 e. The molecule has 0 radical (unpaired) electrons. The predicted molar refractivity (Wildman–Crippen MR) is 356 cm³/mol. The molecule has 8 bridgehead atoms. The van der Waals surface area contributed by atoms with Gasteiger partial charge in [-0.3, -0.25) is 0 Å². The Balaban J connectivity index is 1.44. The van der Waals surface area contributed by atoms with Crippen LogP contribution in [0.2, 0.25) is 0 Å². The zero-order valence-electron chi connectivity index (χ0n) is 55.5. The Morgan fingerprint density at radius 1 is 0.250 bits per heavy atom. The Hall–Kier alpha value is -7.36. The monoisotopic (exact) mass is 1200 g/mol. The normalized spacial score (nSPS) is 14.7. The van der Waals surface area contributed by atoms with Crippen molar-refractivity contribution in [2.75, 3.05) is 52.9 Å². The van der Waals surface area contributed by atoms with E-state index in [2.05, 4.69) is 121 Å². The van der Waals surface area contributed by atoms with Gasteiger partial charge in [0.1, 0.15) is 22.6 Å². The van der Waals surface area contributed by atoms with Crippen molar-refractivity contribution in [3.63, 3.8) is 0 Å². The summed E-state index contributed by atoms with van der Waals surface area (Å²) >= 11 is 0. The van der Waals surface area contributed by atoms with Crippen molar-refractivity contribution in [2.45, 2.75) is 162 Å². The first-order valence-corrected chi connectivity index (χ1v) is 33.1. The number of aromatic nitrogens is 8. The second-order valence-electron chi connectivity index (χ2n) is 25.6. The number of nitrogens with one attached hydrogen (secondary N) is 2. The predicted octanol–water partition coefficient (Wildman–Crippen LogP) is 18.3. The van der Waals surface area contributed by atoms with Gasteiger partial charge in [0.2, 0.25) is 0 Å². The molecule has 16 heteroatoms. The summed E-state index contributed by atoms with van der Waals surface area (Å²) in [7, 11) is 0. The van der Waals surface area contributed by atoms with Gasteiger partial charge in [0.15, 0.2) is 69.3 Å². The average molecular weight is 1200 g/mol. The highest BCUT2D eigenvalue weighted by Gasteiger charge is 2.29. The molecule has 5 heterocycles. The summed E-state index contributed by atoms with van der Waals surface area (Å²) in [5.74, 6) is 9.00. The number of benzene rings is 4. The number of ether oxygens (including phenoxy) is 8. The third kappa shape index (κ3) is 15.2. The summed E-state index contributed by atoms with van der Waals surface area (Å²) < 4.78 is 53.7. The molecule has 4 aromatic carbocycles. The fourth-order valence-corrected chi connectivity index (χ4v) is 9.52. The lowest BCUT2D eigenvalue weighted by molar-refractivity contribution is 0.218. The number of rotatable bonds is 32. The third-order valence-corrected chi connectivity index (χ3v) is 17.8. The first-order valence-electron chi connectivity index (χ1n) is 33.1. The number of nitrogens with zero attached hydrogens (tertiary/aromatic N) is 6. The first-order chi connectivity index (χ1) is 42.5. The van der Waals surface area contributed by atoms with Crippen LogP contribution in [-0.2, 0) is 0 Å². The Bertz CT molecular complexity index is 3230. The van der Waals surface area contributed by atoms with Gasteiger partial charge in [0.05, 0.1) is 52.9 Å². The lowest BCUT2D eigenvalue weighted by Crippen LogP contribution is -2.11. The number of H-pyrrole nitrogens is 2. The summed E-state index contributed by atoms with van der Waals surface area (Å²) in [4.78, 5) is 40.2. The fourth-order valence-electron chi connectivity index (χ4n) is 9.52. The van der Waals surface area contributed by atoms with Crippen LogP contribution in [0.15, 0.2) is 48.5 Å². The molecular formula is C72H98N8O8. The van der Waals surface area contributed by atoms with Crippen LogP contribution < -0.4 is 37.9 Å². The summed E-state index contributed by atoms with van der Waals surface area (Å²) in [6.45, 7) is 39.0. The Morgan fingerprint density at radius 3 is 0.568 bits per heavy atom. The van der Waals surface area contributed by atoms with E-state index < -0.39 is 0 Å². The SMILES string of the molecule is CC[C@H](C)COc1cc2c(cc1OC[C@@H](C)CC)-c1nc-2nc2[nH]c(nc3nc(nc4[nH]c(n1)c1cc(OC[C@@H](C)CC)c(OC[C@@H](C)CC)cc41)-c1cc(OC[C@@H](C)CC)c(OC[C@@H](C)CC)cc1-3)c1cc(OC[C@@H](C)CC)c(OC[C@@H](C)CC)cc21. The second kappa shape index (κ2) is 29.8. The molecule has 0 spiro atoms. The van der Waals surface area contributed by atoms with Crippen LogP contribution in [0.1, 0.15) is 162 Å². The van der Waals surface area contributed by atoms with Crippen LogP contribution in [0.25, 0.3) is 89.7 Å². The second-order valence-corrected chi connectivity index (χ2v) is 25.6. The van der Waals surface area contributed by atoms with Crippen molar-refractivity contribution in [1.82, 2.24) is 39.9 Å². The van der Waals surface area contributed by atoms with E-state index in [0.717, 1.165) is 95.2 Å². The van der Waals surface area contributed by atoms with E-state index in [1.54, 1.807) is 0 Å². The van der Waals surface area contributed by atoms with Crippen molar-refractivity contribution in [3.05, 3.63) is 48.5 Å². The third-order valence-electron chi connectivity index (χ3n) is 17.8. The molecule has 474 valence electrons. The highest BCUT2D eigenvalue weighted by molar-refractivity contribution is 6.08. The van der Waals surface area contributed by atoms with E-state index in [1.807, 2.05) is 48.5 Å². The molecule has 2 aliphatic rings. The summed E-state index contributed by atoms with van der Waals surface area (Å²) in [5, 5.41) is 3.02. The molecule has 0 saturated carbocycles. The topological polar surface area (TPSA) is 183 Å². The van der Waals surface area contributed by atoms with Crippen LogP contribution in [0, 0.1) is 47.3 Å². The molecule has 2 N–H and O–H groups in total. The Kier molecular flexibility index (Phi) is 22.0. The van der Waals surface area contributed by atoms with Crippen molar-refractivity contribution < 1.29 is 37.9 Å². The molecule has 8 atom stereocenters. The molecule has 0 aliphatic carbocycles. The smallest absolute Gasteiger partial charge is 0.164 e. The van der Waals surface area contributed by atoms with E-state index in [4.69, 9.17) is 67.8 Å². The van der Waals surface area contributed by atoms with Crippen LogP contribution in [-0.4, -0.2) is 92.7 Å². The highest BCUT2D eigenvalue weighted by Crippen LogP contribution is 2.47. The van der Waals surface area contributed by atoms with Crippen LogP contribution in [0.3, 0.4) is 0 Å². The minimum absolute atomic E-state index is 0.302. The van der Waals surface area contributed by atoms with Gasteiger partial charge in [-0.25, -0.2) is 29.9 Å². The molecule has 0 unspecified atom stereocenters. The summed E-state index contributed by atoms with van der Waals surface area (Å²) in [6.07, 6.45) is 7.67. The maximum atomic E-state index is 6.71. The zero-order chi connectivity index (χ0) is 62.8. The average Bonchev–Trinajstić information content (AvgIpc) is 4.43. The van der Waals surface area contributed by atoms with E-state index in [9.17, 15) is 0 Å². The molecule has 0 fully saturated rings. The van der Waals surface area contributed by atoms with Crippen molar-refractivity contribution in [3.8, 4) is 91.5 Å². The van der Waals surface area contributed by atoms with Gasteiger partial charge in [-0.15, -0.1) is 0 Å². The van der Waals surface area contributed by atoms with Crippen LogP contribution in [0.4, 0.5) is 0 Å². The van der Waals surface area contributed by atoms with Crippen LogP contribution >= 0.6 is 0 Å². The number of hydrogen-bond acceptors (Lipinski definition) is 14. The molecular weight excluding hydrogens is 1100 g/mol. The van der Waals surface area contributed by atoms with Gasteiger partial charge < -0.3 is 47.9 Å². The summed E-state index contributed by atoms with van der Waals surface area (Å²) in [5.41, 5.74) is 4.93. The summed E-state index contributed by atoms with van der Waals surface area (Å²) in [6, 6.07) is 16.2. The quantitative estimate of drug-likeness (QED) is 0.0406. The molecule has 88 heavy (non-hydrogen) atoms. The van der Waals surface area contributed by atoms with Crippen LogP contribution in [0.5, 0.6) is 46.0 Å². The van der Waals surface area contributed by atoms with E-state index >= 15 is 0 Å². The zero-order valence-corrected chi connectivity index (χ0v) is 55.5. The molecule has 16 nitrogen and oxygen atoms in total. The molecule has 7 aromatic rings. The lowest BCUT2D eigenvalue weighted by Gasteiger charge is -2.18. The van der Waals surface area contributed by atoms with Gasteiger partial charge in [0.25, 0.3) is 0 Å². The van der Waals surface area contributed by atoms with E-state index in [1.165, 1.54) is 0 Å². The number of aromatic amines is 2. The van der Waals surface area contributed by atoms with Crippen molar-refractivity contribution in [1.29, 1.82) is 0 Å². The standard InChI is InChI=1S/C72H98N8O8/c1-17-41(9)33-81-57-25-49-50(26-58(57)82-34-42(10)18-2)66-73-65(49)77-67-51-27-59(83-35-43(11)19-3)60(84-36-44(12)20-4)28-52(51)69(74-67)79-71-55-31-63(87-39-47(15)23-7)64(88-40-48(16)24-8)32-56(55)72(76-71)80-70-54-30-62(86-38-46(14)22-6)61(85-37-45(13)21-5)29-53(54)68(75-70)78-66/h25-32,41-48H,17-24,33-40H2,1-16H3,(H2,73,74,75,76,77,78,79,80)/t41-,42-,43-,44-,45-,46-,47-,48-/m0/s1. The van der Waals surface area contributed by atoms with Crippen molar-refractivity contribution in [2.24, 2.45) is 47.3 Å². The Morgan fingerprint density at radius 2 is 0.409 bits per heavy atom. The fraction of sp³-hybridized carbons (Fsp3) is 0.556. The molecule has 0 amide bonds. The van der Waals surface area contributed by atoms with Gasteiger partial charge in [-0.05, 0) is 95.9 Å². The first kappa shape index (κ1) is 65.1. The number of fused-ring (bicyclic) bond motifs is 20. The van der Waals surface area contributed by atoms with Gasteiger partial charge in [0, 0.05) is 43.8 Å². The Labute approximate surface area is 522 Å².